The quantitative estimate of drug-likeness (QED) is 0.809. The second-order valence-corrected chi connectivity index (χ2v) is 7.43. The summed E-state index contributed by atoms with van der Waals surface area (Å²) >= 11 is 0. The minimum Gasteiger partial charge on any atom is -0.393 e. The smallest absolute Gasteiger partial charge is 0.0702 e. The molecule has 2 heterocycles. The summed E-state index contributed by atoms with van der Waals surface area (Å²) in [5.41, 5.74) is 0. The average Bonchev–Trinajstić information content (AvgIpc) is 3.10. The number of likely N-dealkylation sites (tertiary alicyclic amines) is 1. The first kappa shape index (κ1) is 15.7. The van der Waals surface area contributed by atoms with Gasteiger partial charge in [0.2, 0.25) is 0 Å². The summed E-state index contributed by atoms with van der Waals surface area (Å²) in [6.07, 6.45) is 7.53. The van der Waals surface area contributed by atoms with Gasteiger partial charge in [0.1, 0.15) is 0 Å². The summed E-state index contributed by atoms with van der Waals surface area (Å²) < 4.78 is 5.76. The van der Waals surface area contributed by atoms with Crippen LogP contribution >= 0.6 is 0 Å². The molecule has 3 rings (SSSR count). The van der Waals surface area contributed by atoms with Crippen molar-refractivity contribution in [1.82, 2.24) is 10.2 Å². The van der Waals surface area contributed by atoms with Crippen molar-refractivity contribution < 1.29 is 9.84 Å². The Labute approximate surface area is 129 Å². The Morgan fingerprint density at radius 3 is 2.76 bits per heavy atom. The molecule has 3 fully saturated rings. The zero-order valence-corrected chi connectivity index (χ0v) is 13.5. The third kappa shape index (κ3) is 4.19. The summed E-state index contributed by atoms with van der Waals surface area (Å²) in [7, 11) is 0. The zero-order chi connectivity index (χ0) is 14.7. The zero-order valence-electron chi connectivity index (χ0n) is 13.5. The third-order valence-corrected chi connectivity index (χ3v) is 5.74. The Morgan fingerprint density at radius 1 is 1.19 bits per heavy atom. The molecular formula is C17H32N2O2. The number of nitrogens with one attached hydrogen (secondary N) is 1. The SMILES string of the molecule is CC1CN(CC2CCCO2)CCC1NCC1CCCC1O. The third-order valence-electron chi connectivity index (χ3n) is 5.74. The van der Waals surface area contributed by atoms with E-state index < -0.39 is 0 Å². The lowest BCUT2D eigenvalue weighted by atomic mass is 9.92. The van der Waals surface area contributed by atoms with Gasteiger partial charge in [0.05, 0.1) is 12.2 Å². The van der Waals surface area contributed by atoms with Gasteiger partial charge in [-0.3, -0.25) is 0 Å². The van der Waals surface area contributed by atoms with Crippen molar-refractivity contribution in [3.63, 3.8) is 0 Å². The van der Waals surface area contributed by atoms with Gasteiger partial charge in [0.15, 0.2) is 0 Å². The van der Waals surface area contributed by atoms with Crippen LogP contribution in [0, 0.1) is 11.8 Å². The fourth-order valence-electron chi connectivity index (χ4n) is 4.34. The Balaban J connectivity index is 1.38. The van der Waals surface area contributed by atoms with Gasteiger partial charge in [-0.2, -0.15) is 0 Å². The van der Waals surface area contributed by atoms with Crippen molar-refractivity contribution in [2.24, 2.45) is 11.8 Å². The van der Waals surface area contributed by atoms with Crippen LogP contribution < -0.4 is 5.32 Å². The van der Waals surface area contributed by atoms with Gasteiger partial charge in [-0.25, -0.2) is 0 Å². The molecule has 21 heavy (non-hydrogen) atoms. The number of hydrogen-bond acceptors (Lipinski definition) is 4. The van der Waals surface area contributed by atoms with Crippen LogP contribution in [0.5, 0.6) is 0 Å². The minimum atomic E-state index is -0.0626. The van der Waals surface area contributed by atoms with Gasteiger partial charge in [-0.15, -0.1) is 0 Å². The van der Waals surface area contributed by atoms with Gasteiger partial charge in [-0.05, 0) is 50.5 Å². The molecule has 4 heteroatoms. The number of ether oxygens (including phenoxy) is 1. The molecule has 2 aliphatic heterocycles. The summed E-state index contributed by atoms with van der Waals surface area (Å²) in [4.78, 5) is 2.59. The van der Waals surface area contributed by atoms with Crippen molar-refractivity contribution in [2.45, 2.75) is 63.7 Å². The molecule has 0 bridgehead atoms. The lowest BCUT2D eigenvalue weighted by molar-refractivity contribution is 0.0497. The number of aliphatic hydroxyl groups excluding tert-OH is 1. The summed E-state index contributed by atoms with van der Waals surface area (Å²) in [5.74, 6) is 1.18. The Kier molecular flexibility index (Phi) is 5.54. The minimum absolute atomic E-state index is 0.0626. The topological polar surface area (TPSA) is 44.7 Å². The van der Waals surface area contributed by atoms with Crippen molar-refractivity contribution in [1.29, 1.82) is 0 Å². The van der Waals surface area contributed by atoms with Crippen LogP contribution in [0.3, 0.4) is 0 Å². The van der Waals surface area contributed by atoms with Crippen molar-refractivity contribution in [2.75, 3.05) is 32.8 Å². The second-order valence-electron chi connectivity index (χ2n) is 7.43. The maximum Gasteiger partial charge on any atom is 0.0702 e. The highest BCUT2D eigenvalue weighted by Crippen LogP contribution is 2.26. The molecule has 0 radical (unpaired) electrons. The van der Waals surface area contributed by atoms with Crippen molar-refractivity contribution >= 4 is 0 Å². The first-order valence-electron chi connectivity index (χ1n) is 8.98. The highest BCUT2D eigenvalue weighted by molar-refractivity contribution is 4.86. The van der Waals surface area contributed by atoms with Crippen LogP contribution in [0.4, 0.5) is 0 Å². The number of hydrogen-bond donors (Lipinski definition) is 2. The van der Waals surface area contributed by atoms with E-state index in [2.05, 4.69) is 17.1 Å². The predicted molar refractivity (Wildman–Crippen MR) is 84.3 cm³/mol. The lowest BCUT2D eigenvalue weighted by Gasteiger charge is -2.38. The van der Waals surface area contributed by atoms with Crippen LogP contribution in [-0.2, 0) is 4.74 Å². The molecule has 1 aliphatic carbocycles. The standard InChI is InChI=1S/C17H32N2O2/c1-13-11-19(12-15-5-3-9-21-15)8-7-16(13)18-10-14-4-2-6-17(14)20/h13-18,20H,2-12H2,1H3. The van der Waals surface area contributed by atoms with E-state index in [1.54, 1.807) is 0 Å². The van der Waals surface area contributed by atoms with Gasteiger partial charge in [0.25, 0.3) is 0 Å². The second kappa shape index (κ2) is 7.40. The van der Waals surface area contributed by atoms with E-state index >= 15 is 0 Å². The maximum absolute atomic E-state index is 9.92. The molecule has 0 aromatic rings. The fraction of sp³-hybridized carbons (Fsp3) is 1.00. The van der Waals surface area contributed by atoms with E-state index in [1.165, 1.54) is 45.2 Å². The van der Waals surface area contributed by atoms with Crippen LogP contribution in [0.1, 0.15) is 45.4 Å². The van der Waals surface area contributed by atoms with Crippen LogP contribution in [0.25, 0.3) is 0 Å². The first-order chi connectivity index (χ1) is 10.2. The first-order valence-corrected chi connectivity index (χ1v) is 8.98. The fourth-order valence-corrected chi connectivity index (χ4v) is 4.34. The molecule has 5 unspecified atom stereocenters. The number of aliphatic hydroxyl groups is 1. The Hall–Kier alpha value is -0.160. The summed E-state index contributed by atoms with van der Waals surface area (Å²) in [5, 5.41) is 13.7. The van der Waals surface area contributed by atoms with E-state index in [4.69, 9.17) is 4.74 Å². The van der Waals surface area contributed by atoms with E-state index in [0.717, 1.165) is 26.1 Å². The van der Waals surface area contributed by atoms with Gasteiger partial charge in [0, 0.05) is 32.3 Å². The van der Waals surface area contributed by atoms with Crippen LogP contribution in [-0.4, -0.2) is 61.0 Å². The molecule has 2 saturated heterocycles. The Bertz CT molecular complexity index is 320. The maximum atomic E-state index is 9.92. The van der Waals surface area contributed by atoms with Crippen molar-refractivity contribution in [3.8, 4) is 0 Å². The lowest BCUT2D eigenvalue weighted by Crippen LogP contribution is -2.51. The highest BCUT2D eigenvalue weighted by Gasteiger charge is 2.30. The summed E-state index contributed by atoms with van der Waals surface area (Å²) in [6.45, 7) is 7.83. The van der Waals surface area contributed by atoms with E-state index in [9.17, 15) is 5.11 Å². The van der Waals surface area contributed by atoms with Gasteiger partial charge in [-0.1, -0.05) is 13.3 Å². The molecule has 122 valence electrons. The molecule has 4 nitrogen and oxygen atoms in total. The van der Waals surface area contributed by atoms with Crippen molar-refractivity contribution in [3.05, 3.63) is 0 Å². The van der Waals surface area contributed by atoms with E-state index in [1.807, 2.05) is 0 Å². The largest absolute Gasteiger partial charge is 0.393 e. The monoisotopic (exact) mass is 296 g/mol. The number of rotatable bonds is 5. The average molecular weight is 296 g/mol. The number of nitrogens with zero attached hydrogens (tertiary/aromatic N) is 1. The van der Waals surface area contributed by atoms with Gasteiger partial charge >= 0.3 is 0 Å². The van der Waals surface area contributed by atoms with E-state index in [0.29, 0.717) is 24.0 Å². The predicted octanol–water partition coefficient (Wildman–Crippen LogP) is 1.63. The molecule has 1 saturated carbocycles. The highest BCUT2D eigenvalue weighted by atomic mass is 16.5. The molecule has 0 amide bonds. The number of piperidine rings is 1. The summed E-state index contributed by atoms with van der Waals surface area (Å²) in [6, 6.07) is 0.624. The Morgan fingerprint density at radius 2 is 2.10 bits per heavy atom. The molecule has 5 atom stereocenters. The molecule has 2 N–H and O–H groups in total. The van der Waals surface area contributed by atoms with Gasteiger partial charge < -0.3 is 20.1 Å². The normalized spacial score (nSPS) is 41.7. The molecule has 0 aromatic carbocycles. The molecule has 0 spiro atoms. The van der Waals surface area contributed by atoms with Crippen LogP contribution in [0.2, 0.25) is 0 Å². The van der Waals surface area contributed by atoms with E-state index in [-0.39, 0.29) is 6.10 Å². The van der Waals surface area contributed by atoms with Crippen LogP contribution in [0.15, 0.2) is 0 Å². The molecule has 3 aliphatic rings. The molecule has 0 aromatic heterocycles. The molecular weight excluding hydrogens is 264 g/mol.